The van der Waals surface area contributed by atoms with Gasteiger partial charge in [0.05, 0.1) is 35.8 Å². The Morgan fingerprint density at radius 1 is 1.10 bits per heavy atom. The summed E-state index contributed by atoms with van der Waals surface area (Å²) in [6.45, 7) is 2.77. The van der Waals surface area contributed by atoms with Crippen molar-refractivity contribution in [1.82, 2.24) is 9.97 Å². The zero-order valence-electron chi connectivity index (χ0n) is 17.6. The number of esters is 1. The number of carbonyl (C=O) groups excluding carboxylic acids is 1. The Kier molecular flexibility index (Phi) is 5.09. The van der Waals surface area contributed by atoms with Gasteiger partial charge in [-0.05, 0) is 87.5 Å². The predicted molar refractivity (Wildman–Crippen MR) is 116 cm³/mol. The highest BCUT2D eigenvalue weighted by molar-refractivity contribution is 5.92. The van der Waals surface area contributed by atoms with Gasteiger partial charge in [-0.25, -0.2) is 14.8 Å². The van der Waals surface area contributed by atoms with E-state index in [1.165, 1.54) is 38.5 Å². The second kappa shape index (κ2) is 7.89. The third-order valence-corrected chi connectivity index (χ3v) is 7.07. The minimum absolute atomic E-state index is 0.200. The summed E-state index contributed by atoms with van der Waals surface area (Å²) < 4.78 is 5.21. The molecule has 0 amide bonds. The van der Waals surface area contributed by atoms with Gasteiger partial charge in [-0.2, -0.15) is 0 Å². The van der Waals surface area contributed by atoms with Crippen molar-refractivity contribution in [2.24, 2.45) is 17.8 Å². The van der Waals surface area contributed by atoms with Crippen LogP contribution in [0.15, 0.2) is 36.8 Å². The Hall–Kier alpha value is -2.63. The summed E-state index contributed by atoms with van der Waals surface area (Å²) in [5.74, 6) is 2.34. The summed E-state index contributed by atoms with van der Waals surface area (Å²) >= 11 is 0. The molecule has 4 saturated carbocycles. The van der Waals surface area contributed by atoms with E-state index >= 15 is 0 Å². The van der Waals surface area contributed by atoms with Crippen LogP contribution < -0.4 is 10.6 Å². The number of anilines is 2. The molecule has 2 aromatic rings. The zero-order valence-corrected chi connectivity index (χ0v) is 17.6. The molecule has 2 N–H and O–H groups in total. The van der Waals surface area contributed by atoms with E-state index in [1.54, 1.807) is 12.5 Å². The molecule has 0 atom stereocenters. The molecule has 1 heterocycles. The lowest BCUT2D eigenvalue weighted by atomic mass is 9.53. The Labute approximate surface area is 177 Å². The summed E-state index contributed by atoms with van der Waals surface area (Å²) in [6, 6.07) is 7.71. The van der Waals surface area contributed by atoms with Crippen molar-refractivity contribution >= 4 is 17.3 Å². The van der Waals surface area contributed by atoms with Gasteiger partial charge in [0.2, 0.25) is 0 Å². The molecule has 6 rings (SSSR count). The fourth-order valence-corrected chi connectivity index (χ4v) is 6.30. The Bertz CT molecular complexity index is 879. The number of ether oxygens (including phenoxy) is 1. The second-order valence-electron chi connectivity index (χ2n) is 9.36. The van der Waals surface area contributed by atoms with E-state index in [2.05, 4.69) is 20.6 Å². The largest absolute Gasteiger partial charge is 0.462 e. The van der Waals surface area contributed by atoms with Crippen LogP contribution >= 0.6 is 0 Å². The van der Waals surface area contributed by atoms with E-state index in [0.717, 1.165) is 34.8 Å². The summed E-state index contributed by atoms with van der Waals surface area (Å²) in [7, 11) is 0. The van der Waals surface area contributed by atoms with Crippen LogP contribution in [0.3, 0.4) is 0 Å². The van der Waals surface area contributed by atoms with Gasteiger partial charge in [0.25, 0.3) is 0 Å². The quantitative estimate of drug-likeness (QED) is 0.652. The lowest BCUT2D eigenvalue weighted by molar-refractivity contribution is 0.0107. The van der Waals surface area contributed by atoms with E-state index in [-0.39, 0.29) is 11.5 Å². The smallest absolute Gasteiger partial charge is 0.338 e. The summed E-state index contributed by atoms with van der Waals surface area (Å²) in [4.78, 5) is 20.6. The number of nitrogens with one attached hydrogen (secondary N) is 2. The molecule has 4 aliphatic rings. The van der Waals surface area contributed by atoms with Gasteiger partial charge in [0.1, 0.15) is 6.33 Å². The highest BCUT2D eigenvalue weighted by atomic mass is 16.5. The van der Waals surface area contributed by atoms with Gasteiger partial charge in [-0.15, -0.1) is 0 Å². The van der Waals surface area contributed by atoms with Crippen LogP contribution in [0.1, 0.15) is 61.5 Å². The molecule has 4 aliphatic carbocycles. The lowest BCUT2D eigenvalue weighted by Gasteiger charge is -2.57. The van der Waals surface area contributed by atoms with Crippen LogP contribution in [0.25, 0.3) is 0 Å². The number of carbonyl (C=O) groups is 1. The fourth-order valence-electron chi connectivity index (χ4n) is 6.30. The van der Waals surface area contributed by atoms with E-state index in [9.17, 15) is 4.79 Å². The average Bonchev–Trinajstić information content (AvgIpc) is 2.72. The summed E-state index contributed by atoms with van der Waals surface area (Å²) in [5, 5.41) is 7.43. The van der Waals surface area contributed by atoms with Crippen molar-refractivity contribution in [3.8, 4) is 0 Å². The molecule has 4 bridgehead atoms. The van der Waals surface area contributed by atoms with Crippen molar-refractivity contribution in [2.45, 2.75) is 57.5 Å². The molecular weight excluding hydrogens is 376 g/mol. The van der Waals surface area contributed by atoms with E-state index in [4.69, 9.17) is 4.74 Å². The Morgan fingerprint density at radius 2 is 1.83 bits per heavy atom. The van der Waals surface area contributed by atoms with Crippen molar-refractivity contribution < 1.29 is 9.53 Å². The van der Waals surface area contributed by atoms with E-state index in [0.29, 0.717) is 18.7 Å². The predicted octanol–water partition coefficient (Wildman–Crippen LogP) is 4.65. The first-order chi connectivity index (χ1) is 14.6. The normalized spacial score (nSPS) is 28.9. The maximum atomic E-state index is 12.3. The Morgan fingerprint density at radius 3 is 2.47 bits per heavy atom. The molecule has 0 spiro atoms. The molecule has 6 heteroatoms. The third kappa shape index (κ3) is 3.87. The SMILES string of the molecule is CCOC(=O)c1ccc(NC23CC4CC(CC(C4)C2)C3)c(NCc2ccncn2)c1. The van der Waals surface area contributed by atoms with Crippen LogP contribution in [-0.4, -0.2) is 28.1 Å². The van der Waals surface area contributed by atoms with Crippen molar-refractivity contribution in [1.29, 1.82) is 0 Å². The number of rotatable bonds is 7. The highest BCUT2D eigenvalue weighted by Gasteiger charge is 2.51. The molecule has 0 radical (unpaired) electrons. The van der Waals surface area contributed by atoms with Gasteiger partial charge >= 0.3 is 5.97 Å². The van der Waals surface area contributed by atoms with Crippen LogP contribution in [0.2, 0.25) is 0 Å². The molecule has 158 valence electrons. The summed E-state index contributed by atoms with van der Waals surface area (Å²) in [5.41, 5.74) is 3.67. The van der Waals surface area contributed by atoms with Gasteiger partial charge in [0, 0.05) is 11.7 Å². The number of hydrogen-bond donors (Lipinski definition) is 2. The molecule has 0 unspecified atom stereocenters. The van der Waals surface area contributed by atoms with Crippen LogP contribution in [0, 0.1) is 17.8 Å². The first-order valence-corrected chi connectivity index (χ1v) is 11.2. The number of benzene rings is 1. The first kappa shape index (κ1) is 19.3. The molecule has 1 aromatic carbocycles. The summed E-state index contributed by atoms with van der Waals surface area (Å²) in [6.07, 6.45) is 11.4. The molecular formula is C24H30N4O2. The molecule has 6 nitrogen and oxygen atoms in total. The highest BCUT2D eigenvalue weighted by Crippen LogP contribution is 2.56. The van der Waals surface area contributed by atoms with Crippen LogP contribution in [0.5, 0.6) is 0 Å². The van der Waals surface area contributed by atoms with Gasteiger partial charge in [-0.1, -0.05) is 0 Å². The maximum absolute atomic E-state index is 12.3. The van der Waals surface area contributed by atoms with E-state index < -0.39 is 0 Å². The third-order valence-electron chi connectivity index (χ3n) is 7.07. The van der Waals surface area contributed by atoms with Crippen molar-refractivity contribution in [3.63, 3.8) is 0 Å². The molecule has 30 heavy (non-hydrogen) atoms. The monoisotopic (exact) mass is 406 g/mol. The minimum Gasteiger partial charge on any atom is -0.462 e. The van der Waals surface area contributed by atoms with Crippen LogP contribution in [-0.2, 0) is 11.3 Å². The zero-order chi connectivity index (χ0) is 20.6. The van der Waals surface area contributed by atoms with Crippen LogP contribution in [0.4, 0.5) is 11.4 Å². The van der Waals surface area contributed by atoms with Crippen molar-refractivity contribution in [3.05, 3.63) is 48.0 Å². The minimum atomic E-state index is -0.288. The molecule has 1 aromatic heterocycles. The number of hydrogen-bond acceptors (Lipinski definition) is 6. The van der Waals surface area contributed by atoms with Gasteiger partial charge in [-0.3, -0.25) is 0 Å². The first-order valence-electron chi connectivity index (χ1n) is 11.2. The lowest BCUT2D eigenvalue weighted by Crippen LogP contribution is -2.54. The fraction of sp³-hybridized carbons (Fsp3) is 0.542. The van der Waals surface area contributed by atoms with E-state index in [1.807, 2.05) is 31.2 Å². The molecule has 0 saturated heterocycles. The standard InChI is InChI=1S/C24H30N4O2/c1-2-30-23(29)19-3-4-21(22(10-19)26-14-20-5-6-25-15-27-20)28-24-11-16-7-17(12-24)9-18(8-16)13-24/h3-6,10,15-18,26,28H,2,7-9,11-14H2,1H3. The number of nitrogens with zero attached hydrogens (tertiary/aromatic N) is 2. The second-order valence-corrected chi connectivity index (χ2v) is 9.36. The topological polar surface area (TPSA) is 76.1 Å². The van der Waals surface area contributed by atoms with Gasteiger partial charge in [0.15, 0.2) is 0 Å². The van der Waals surface area contributed by atoms with Gasteiger partial charge < -0.3 is 15.4 Å². The number of aromatic nitrogens is 2. The van der Waals surface area contributed by atoms with Crippen molar-refractivity contribution in [2.75, 3.05) is 17.2 Å². The average molecular weight is 407 g/mol. The molecule has 4 fully saturated rings. The molecule has 0 aliphatic heterocycles. The maximum Gasteiger partial charge on any atom is 0.338 e. The Balaban J connectivity index is 1.41.